The summed E-state index contributed by atoms with van der Waals surface area (Å²) >= 11 is 0. The first kappa shape index (κ1) is 12.6. The van der Waals surface area contributed by atoms with E-state index >= 15 is 0 Å². The summed E-state index contributed by atoms with van der Waals surface area (Å²) in [5.74, 6) is -0.169. The summed E-state index contributed by atoms with van der Waals surface area (Å²) in [5.41, 5.74) is 6.06. The number of carbonyl (C=O) groups is 1. The van der Waals surface area contributed by atoms with E-state index in [1.807, 2.05) is 0 Å². The van der Waals surface area contributed by atoms with Crippen molar-refractivity contribution in [1.82, 2.24) is 9.47 Å². The second-order valence-electron chi connectivity index (χ2n) is 4.58. The Kier molecular flexibility index (Phi) is 3.33. The fourth-order valence-corrected chi connectivity index (χ4v) is 2.12. The van der Waals surface area contributed by atoms with Crippen LogP contribution in [-0.4, -0.2) is 39.4 Å². The summed E-state index contributed by atoms with van der Waals surface area (Å²) in [4.78, 5) is 24.1. The zero-order valence-corrected chi connectivity index (χ0v) is 10.2. The van der Waals surface area contributed by atoms with Crippen molar-refractivity contribution in [2.45, 2.75) is 18.9 Å². The minimum absolute atomic E-state index is 0.0606. The zero-order chi connectivity index (χ0) is 13.3. The molecule has 1 saturated heterocycles. The van der Waals surface area contributed by atoms with E-state index < -0.39 is 4.92 Å². The van der Waals surface area contributed by atoms with Crippen molar-refractivity contribution in [1.29, 1.82) is 0 Å². The Morgan fingerprint density at radius 2 is 2.11 bits per heavy atom. The highest BCUT2D eigenvalue weighted by Crippen LogP contribution is 2.18. The van der Waals surface area contributed by atoms with E-state index in [9.17, 15) is 14.9 Å². The molecule has 2 N–H and O–H groups in total. The van der Waals surface area contributed by atoms with Gasteiger partial charge in [0.1, 0.15) is 5.69 Å². The number of carbonyl (C=O) groups excluding carboxylic acids is 1. The molecule has 0 unspecified atom stereocenters. The molecule has 7 heteroatoms. The fraction of sp³-hybridized carbons (Fsp3) is 0.545. The minimum atomic E-state index is -0.497. The molecule has 1 aromatic rings. The van der Waals surface area contributed by atoms with Crippen LogP contribution in [0.3, 0.4) is 0 Å². The van der Waals surface area contributed by atoms with Crippen molar-refractivity contribution in [3.63, 3.8) is 0 Å². The van der Waals surface area contributed by atoms with Gasteiger partial charge >= 0.3 is 0 Å². The van der Waals surface area contributed by atoms with Gasteiger partial charge in [-0.2, -0.15) is 0 Å². The SMILES string of the molecule is Cn1cc([N+](=O)[O-])cc1C(=O)N1CCC(N)CC1. The zero-order valence-electron chi connectivity index (χ0n) is 10.2. The Bertz CT molecular complexity index is 475. The molecule has 0 atom stereocenters. The Balaban J connectivity index is 2.16. The van der Waals surface area contributed by atoms with E-state index in [1.165, 1.54) is 16.8 Å². The fourth-order valence-electron chi connectivity index (χ4n) is 2.12. The highest BCUT2D eigenvalue weighted by atomic mass is 16.6. The van der Waals surface area contributed by atoms with Crippen LogP contribution >= 0.6 is 0 Å². The van der Waals surface area contributed by atoms with Gasteiger partial charge in [-0.05, 0) is 12.8 Å². The van der Waals surface area contributed by atoms with Gasteiger partial charge in [-0.1, -0.05) is 0 Å². The molecule has 0 saturated carbocycles. The molecule has 0 bridgehead atoms. The molecule has 7 nitrogen and oxygen atoms in total. The standard InChI is InChI=1S/C11H16N4O3/c1-13-7-9(15(17)18)6-10(13)11(16)14-4-2-8(12)3-5-14/h6-8H,2-5,12H2,1H3. The number of aromatic nitrogens is 1. The van der Waals surface area contributed by atoms with Crippen molar-refractivity contribution < 1.29 is 9.72 Å². The first-order valence-electron chi connectivity index (χ1n) is 5.84. The van der Waals surface area contributed by atoms with Gasteiger partial charge in [0.05, 0.1) is 11.1 Å². The van der Waals surface area contributed by atoms with Gasteiger partial charge in [0, 0.05) is 32.2 Å². The normalized spacial score (nSPS) is 16.9. The predicted molar refractivity (Wildman–Crippen MR) is 65.2 cm³/mol. The van der Waals surface area contributed by atoms with Gasteiger partial charge in [-0.25, -0.2) is 0 Å². The number of amides is 1. The van der Waals surface area contributed by atoms with E-state index in [1.54, 1.807) is 11.9 Å². The van der Waals surface area contributed by atoms with E-state index in [2.05, 4.69) is 0 Å². The number of aryl methyl sites for hydroxylation is 1. The molecular weight excluding hydrogens is 236 g/mol. The molecule has 0 radical (unpaired) electrons. The number of nitrogens with zero attached hydrogens (tertiary/aromatic N) is 3. The lowest BCUT2D eigenvalue weighted by Crippen LogP contribution is -2.43. The van der Waals surface area contributed by atoms with Crippen molar-refractivity contribution in [2.24, 2.45) is 12.8 Å². The van der Waals surface area contributed by atoms with E-state index in [4.69, 9.17) is 5.73 Å². The molecule has 2 rings (SSSR count). The lowest BCUT2D eigenvalue weighted by molar-refractivity contribution is -0.384. The number of piperidine rings is 1. The Morgan fingerprint density at radius 1 is 1.50 bits per heavy atom. The Morgan fingerprint density at radius 3 is 2.61 bits per heavy atom. The molecule has 98 valence electrons. The van der Waals surface area contributed by atoms with Crippen molar-refractivity contribution in [3.8, 4) is 0 Å². The molecule has 0 aromatic carbocycles. The number of hydrogen-bond donors (Lipinski definition) is 1. The van der Waals surface area contributed by atoms with E-state index in [-0.39, 0.29) is 17.6 Å². The van der Waals surface area contributed by atoms with Gasteiger partial charge in [-0.15, -0.1) is 0 Å². The lowest BCUT2D eigenvalue weighted by Gasteiger charge is -2.30. The quantitative estimate of drug-likeness (QED) is 0.612. The molecule has 1 amide bonds. The van der Waals surface area contributed by atoms with Gasteiger partial charge in [-0.3, -0.25) is 14.9 Å². The maximum Gasteiger partial charge on any atom is 0.287 e. The summed E-state index contributed by atoms with van der Waals surface area (Å²) in [5, 5.41) is 10.7. The van der Waals surface area contributed by atoms with Gasteiger partial charge in [0.25, 0.3) is 11.6 Å². The van der Waals surface area contributed by atoms with Crippen LogP contribution in [0.2, 0.25) is 0 Å². The summed E-state index contributed by atoms with van der Waals surface area (Å²) in [6.07, 6.45) is 2.90. The van der Waals surface area contributed by atoms with Crippen molar-refractivity contribution in [2.75, 3.05) is 13.1 Å². The molecule has 18 heavy (non-hydrogen) atoms. The van der Waals surface area contributed by atoms with Crippen LogP contribution in [0.5, 0.6) is 0 Å². The Labute approximate surface area is 104 Å². The van der Waals surface area contributed by atoms with Gasteiger partial charge in [0.15, 0.2) is 0 Å². The van der Waals surface area contributed by atoms with Crippen LogP contribution < -0.4 is 5.73 Å². The number of hydrogen-bond acceptors (Lipinski definition) is 4. The van der Waals surface area contributed by atoms with Crippen LogP contribution in [0, 0.1) is 10.1 Å². The van der Waals surface area contributed by atoms with Crippen LogP contribution in [0.4, 0.5) is 5.69 Å². The molecular formula is C11H16N4O3. The maximum absolute atomic E-state index is 12.2. The third kappa shape index (κ3) is 2.35. The average molecular weight is 252 g/mol. The number of rotatable bonds is 2. The highest BCUT2D eigenvalue weighted by Gasteiger charge is 2.25. The van der Waals surface area contributed by atoms with Gasteiger partial charge < -0.3 is 15.2 Å². The molecule has 2 heterocycles. The molecule has 1 aromatic heterocycles. The molecule has 0 spiro atoms. The smallest absolute Gasteiger partial charge is 0.287 e. The first-order chi connectivity index (χ1) is 8.49. The second kappa shape index (κ2) is 4.77. The van der Waals surface area contributed by atoms with Crippen molar-refractivity contribution >= 4 is 11.6 Å². The number of likely N-dealkylation sites (tertiary alicyclic amines) is 1. The molecule has 1 aliphatic rings. The van der Waals surface area contributed by atoms with E-state index in [0.29, 0.717) is 18.8 Å². The highest BCUT2D eigenvalue weighted by molar-refractivity contribution is 5.93. The second-order valence-corrected chi connectivity index (χ2v) is 4.58. The summed E-state index contributed by atoms with van der Waals surface area (Å²) in [6, 6.07) is 1.47. The molecule has 0 aliphatic carbocycles. The number of nitrogens with two attached hydrogens (primary N) is 1. The molecule has 1 aliphatic heterocycles. The maximum atomic E-state index is 12.2. The largest absolute Gasteiger partial charge is 0.340 e. The molecule has 1 fully saturated rings. The topological polar surface area (TPSA) is 94.4 Å². The lowest BCUT2D eigenvalue weighted by atomic mass is 10.1. The summed E-state index contributed by atoms with van der Waals surface area (Å²) < 4.78 is 1.50. The van der Waals surface area contributed by atoms with Crippen LogP contribution in [0.1, 0.15) is 23.3 Å². The Hall–Kier alpha value is -1.89. The van der Waals surface area contributed by atoms with Crippen LogP contribution in [0.15, 0.2) is 12.3 Å². The van der Waals surface area contributed by atoms with E-state index in [0.717, 1.165) is 12.8 Å². The first-order valence-corrected chi connectivity index (χ1v) is 5.84. The third-order valence-corrected chi connectivity index (χ3v) is 3.25. The third-order valence-electron chi connectivity index (χ3n) is 3.25. The number of nitro groups is 1. The van der Waals surface area contributed by atoms with Crippen LogP contribution in [-0.2, 0) is 7.05 Å². The summed E-state index contributed by atoms with van der Waals surface area (Å²) in [6.45, 7) is 1.22. The monoisotopic (exact) mass is 252 g/mol. The minimum Gasteiger partial charge on any atom is -0.340 e. The average Bonchev–Trinajstić information content (AvgIpc) is 2.71. The predicted octanol–water partition coefficient (Wildman–Crippen LogP) is 0.497. The van der Waals surface area contributed by atoms with Crippen molar-refractivity contribution in [3.05, 3.63) is 28.1 Å². The summed E-state index contributed by atoms with van der Waals surface area (Å²) in [7, 11) is 1.63. The van der Waals surface area contributed by atoms with Gasteiger partial charge in [0.2, 0.25) is 0 Å². The van der Waals surface area contributed by atoms with Crippen LogP contribution in [0.25, 0.3) is 0 Å².